The number of aromatic amines is 1. The molecule has 1 aliphatic rings. The van der Waals surface area contributed by atoms with E-state index in [-0.39, 0.29) is 24.3 Å². The number of ether oxygens (including phenoxy) is 1. The minimum atomic E-state index is -0.732. The zero-order chi connectivity index (χ0) is 26.2. The molecule has 8 nitrogen and oxygen atoms in total. The van der Waals surface area contributed by atoms with Crippen LogP contribution >= 0.6 is 0 Å². The highest BCUT2D eigenvalue weighted by Gasteiger charge is 2.25. The molecular formula is C28H22F2N6O2. The molecule has 5 heterocycles. The van der Waals surface area contributed by atoms with Crippen molar-refractivity contribution >= 4 is 22.8 Å². The van der Waals surface area contributed by atoms with E-state index < -0.39 is 17.5 Å². The van der Waals surface area contributed by atoms with Gasteiger partial charge in [0, 0.05) is 40.8 Å². The van der Waals surface area contributed by atoms with Gasteiger partial charge in [-0.1, -0.05) is 12.1 Å². The van der Waals surface area contributed by atoms with Gasteiger partial charge in [-0.15, -0.1) is 0 Å². The molecule has 4 aromatic heterocycles. The highest BCUT2D eigenvalue weighted by Crippen LogP contribution is 2.31. The summed E-state index contributed by atoms with van der Waals surface area (Å²) in [6, 6.07) is 12.6. The maximum absolute atomic E-state index is 14.6. The summed E-state index contributed by atoms with van der Waals surface area (Å²) in [6.07, 6.45) is 5.07. The topological polar surface area (TPSA) is 110 Å². The SMILES string of the molecule is Nc1nc2cc(C(=O)N(Cc3ccc(-c4ccncc4)cn3)Cc3c(F)cccc3F)[nH]c2c2c1COC2. The largest absolute Gasteiger partial charge is 0.383 e. The normalized spacial score (nSPS) is 12.6. The number of fused-ring (bicyclic) bond motifs is 3. The molecule has 190 valence electrons. The fraction of sp³-hybridized carbons (Fsp3) is 0.143. The standard InChI is InChI=1S/C28H22F2N6O2/c29-22-2-1-3-23(30)19(22)13-36(12-18-5-4-17(11-33-18)16-6-8-32-9-7-16)28(37)25-10-24-26(34-25)20-14-38-15-21(20)27(31)35-24/h1-11,34H,12-15H2,(H2,31,35). The van der Waals surface area contributed by atoms with E-state index in [4.69, 9.17) is 10.5 Å². The predicted octanol–water partition coefficient (Wildman–Crippen LogP) is 4.75. The number of nitrogens with one attached hydrogen (secondary N) is 1. The van der Waals surface area contributed by atoms with Gasteiger partial charge in [0.2, 0.25) is 0 Å². The van der Waals surface area contributed by atoms with Crippen LogP contribution in [0, 0.1) is 11.6 Å². The molecular weight excluding hydrogens is 490 g/mol. The highest BCUT2D eigenvalue weighted by molar-refractivity contribution is 5.98. The van der Waals surface area contributed by atoms with Gasteiger partial charge in [-0.3, -0.25) is 14.8 Å². The van der Waals surface area contributed by atoms with Crippen molar-refractivity contribution in [2.45, 2.75) is 26.3 Å². The van der Waals surface area contributed by atoms with Gasteiger partial charge in [0.05, 0.1) is 43.0 Å². The molecule has 0 saturated carbocycles. The van der Waals surface area contributed by atoms with Crippen molar-refractivity contribution in [1.29, 1.82) is 0 Å². The number of nitrogens with zero attached hydrogens (tertiary/aromatic N) is 4. The molecule has 1 amide bonds. The Morgan fingerprint density at radius 2 is 1.76 bits per heavy atom. The van der Waals surface area contributed by atoms with Crippen LogP contribution in [0.4, 0.5) is 14.6 Å². The van der Waals surface area contributed by atoms with E-state index in [1.165, 1.54) is 23.1 Å². The van der Waals surface area contributed by atoms with Crippen molar-refractivity contribution in [3.8, 4) is 11.1 Å². The Kier molecular flexibility index (Phi) is 6.01. The van der Waals surface area contributed by atoms with Crippen LogP contribution in [0.3, 0.4) is 0 Å². The van der Waals surface area contributed by atoms with E-state index in [0.29, 0.717) is 35.8 Å². The molecule has 0 saturated heterocycles. The molecule has 0 unspecified atom stereocenters. The fourth-order valence-electron chi connectivity index (χ4n) is 4.63. The number of nitrogen functional groups attached to an aromatic ring is 1. The number of benzene rings is 1. The first-order valence-corrected chi connectivity index (χ1v) is 11.9. The van der Waals surface area contributed by atoms with Gasteiger partial charge >= 0.3 is 0 Å². The maximum Gasteiger partial charge on any atom is 0.271 e. The van der Waals surface area contributed by atoms with Crippen molar-refractivity contribution in [1.82, 2.24) is 24.8 Å². The monoisotopic (exact) mass is 512 g/mol. The first-order chi connectivity index (χ1) is 18.5. The Balaban J connectivity index is 1.35. The number of amides is 1. The number of anilines is 1. The number of aromatic nitrogens is 4. The van der Waals surface area contributed by atoms with E-state index in [1.54, 1.807) is 30.7 Å². The van der Waals surface area contributed by atoms with Crippen molar-refractivity contribution < 1.29 is 18.3 Å². The molecule has 38 heavy (non-hydrogen) atoms. The average molecular weight is 513 g/mol. The summed E-state index contributed by atoms with van der Waals surface area (Å²) in [6.45, 7) is 0.434. The van der Waals surface area contributed by atoms with Crippen LogP contribution in [0.5, 0.6) is 0 Å². The molecule has 0 bridgehead atoms. The van der Waals surface area contributed by atoms with E-state index in [1.807, 2.05) is 18.2 Å². The summed E-state index contributed by atoms with van der Waals surface area (Å²) in [5.41, 5.74) is 11.3. The Labute approximate surface area is 216 Å². The second-order valence-electron chi connectivity index (χ2n) is 9.03. The lowest BCUT2D eigenvalue weighted by Gasteiger charge is -2.22. The molecule has 0 spiro atoms. The molecule has 3 N–H and O–H groups in total. The third kappa shape index (κ3) is 4.35. The van der Waals surface area contributed by atoms with E-state index >= 15 is 0 Å². The number of hydrogen-bond acceptors (Lipinski definition) is 6. The van der Waals surface area contributed by atoms with Gasteiger partial charge in [-0.25, -0.2) is 13.8 Å². The van der Waals surface area contributed by atoms with Crippen molar-refractivity contribution in [2.24, 2.45) is 0 Å². The summed E-state index contributed by atoms with van der Waals surface area (Å²) < 4.78 is 34.7. The number of nitrogens with two attached hydrogens (primary N) is 1. The minimum Gasteiger partial charge on any atom is -0.383 e. The summed E-state index contributed by atoms with van der Waals surface area (Å²) in [7, 11) is 0. The lowest BCUT2D eigenvalue weighted by molar-refractivity contribution is 0.0719. The van der Waals surface area contributed by atoms with Gasteiger partial charge < -0.3 is 20.4 Å². The smallest absolute Gasteiger partial charge is 0.271 e. The van der Waals surface area contributed by atoms with E-state index in [0.717, 1.165) is 22.3 Å². The number of halogens is 2. The zero-order valence-electron chi connectivity index (χ0n) is 20.1. The van der Waals surface area contributed by atoms with Gasteiger partial charge in [-0.05, 0) is 42.0 Å². The van der Waals surface area contributed by atoms with Crippen LogP contribution < -0.4 is 5.73 Å². The van der Waals surface area contributed by atoms with Crippen LogP contribution in [-0.4, -0.2) is 30.7 Å². The lowest BCUT2D eigenvalue weighted by Crippen LogP contribution is -2.31. The molecule has 6 rings (SSSR count). The minimum absolute atomic E-state index is 0.0232. The molecule has 0 aliphatic carbocycles. The third-order valence-electron chi connectivity index (χ3n) is 6.63. The van der Waals surface area contributed by atoms with Crippen LogP contribution in [0.25, 0.3) is 22.2 Å². The summed E-state index contributed by atoms with van der Waals surface area (Å²) in [5, 5.41) is 0. The molecule has 0 fully saturated rings. The highest BCUT2D eigenvalue weighted by atomic mass is 19.1. The first-order valence-electron chi connectivity index (χ1n) is 11.9. The van der Waals surface area contributed by atoms with Crippen LogP contribution in [0.15, 0.2) is 67.1 Å². The Morgan fingerprint density at radius 1 is 1.00 bits per heavy atom. The number of hydrogen-bond donors (Lipinski definition) is 2. The summed E-state index contributed by atoms with van der Waals surface area (Å²) in [5.74, 6) is -1.57. The molecule has 1 aromatic carbocycles. The van der Waals surface area contributed by atoms with Gasteiger partial charge in [-0.2, -0.15) is 0 Å². The van der Waals surface area contributed by atoms with Crippen LogP contribution in [-0.2, 0) is 31.0 Å². The van der Waals surface area contributed by atoms with Crippen LogP contribution in [0.2, 0.25) is 0 Å². The number of carbonyl (C=O) groups is 1. The van der Waals surface area contributed by atoms with E-state index in [2.05, 4.69) is 19.9 Å². The summed E-state index contributed by atoms with van der Waals surface area (Å²) >= 11 is 0. The second kappa shape index (κ2) is 9.64. The number of carbonyl (C=O) groups excluding carboxylic acids is 1. The van der Waals surface area contributed by atoms with Gasteiger partial charge in [0.15, 0.2) is 0 Å². The number of H-pyrrole nitrogens is 1. The fourth-order valence-corrected chi connectivity index (χ4v) is 4.63. The zero-order valence-corrected chi connectivity index (χ0v) is 20.1. The Morgan fingerprint density at radius 3 is 2.50 bits per heavy atom. The van der Waals surface area contributed by atoms with Gasteiger partial charge in [0.25, 0.3) is 5.91 Å². The Bertz CT molecular complexity index is 1630. The molecule has 0 atom stereocenters. The number of pyridine rings is 3. The number of rotatable bonds is 6. The average Bonchev–Trinajstić information content (AvgIpc) is 3.59. The van der Waals surface area contributed by atoms with E-state index in [9.17, 15) is 13.6 Å². The quantitative estimate of drug-likeness (QED) is 0.340. The lowest BCUT2D eigenvalue weighted by atomic mass is 10.1. The Hall–Kier alpha value is -4.70. The first kappa shape index (κ1) is 23.7. The summed E-state index contributed by atoms with van der Waals surface area (Å²) in [4.78, 5) is 31.2. The molecule has 0 radical (unpaired) electrons. The maximum atomic E-state index is 14.6. The van der Waals surface area contributed by atoms with Crippen molar-refractivity contribution in [3.05, 3.63) is 107 Å². The second-order valence-corrected chi connectivity index (χ2v) is 9.03. The third-order valence-corrected chi connectivity index (χ3v) is 6.63. The van der Waals surface area contributed by atoms with Crippen LogP contribution in [0.1, 0.15) is 32.9 Å². The van der Waals surface area contributed by atoms with Gasteiger partial charge in [0.1, 0.15) is 23.1 Å². The predicted molar refractivity (Wildman–Crippen MR) is 136 cm³/mol. The molecule has 10 heteroatoms. The van der Waals surface area contributed by atoms with Crippen molar-refractivity contribution in [2.75, 3.05) is 5.73 Å². The molecule has 1 aliphatic heterocycles. The van der Waals surface area contributed by atoms with Crippen molar-refractivity contribution in [3.63, 3.8) is 0 Å². The molecule has 5 aromatic rings.